The maximum absolute atomic E-state index is 11.9. The topological polar surface area (TPSA) is 59.4 Å². The molecule has 0 aromatic carbocycles. The molecule has 0 bridgehead atoms. The van der Waals surface area contributed by atoms with Gasteiger partial charge in [-0.2, -0.15) is 5.10 Å². The minimum absolute atomic E-state index is 0.0237. The number of nitrogens with one attached hydrogen (secondary N) is 1. The summed E-state index contributed by atoms with van der Waals surface area (Å²) in [6.07, 6.45) is 0.965. The third kappa shape index (κ3) is 2.10. The van der Waals surface area contributed by atoms with Crippen molar-refractivity contribution in [1.29, 1.82) is 0 Å². The molecule has 0 radical (unpaired) electrons. The molecule has 2 atom stereocenters. The van der Waals surface area contributed by atoms with E-state index < -0.39 is 0 Å². The lowest BCUT2D eigenvalue weighted by molar-refractivity contribution is 0.0908. The van der Waals surface area contributed by atoms with E-state index >= 15 is 0 Å². The number of carbonyl (C=O) groups is 1. The summed E-state index contributed by atoms with van der Waals surface area (Å²) in [5.41, 5.74) is 0.673. The van der Waals surface area contributed by atoms with E-state index in [0.29, 0.717) is 24.9 Å². The van der Waals surface area contributed by atoms with E-state index in [1.54, 1.807) is 0 Å². The van der Waals surface area contributed by atoms with Crippen LogP contribution in [0.1, 0.15) is 36.8 Å². The second kappa shape index (κ2) is 4.85. The zero-order valence-corrected chi connectivity index (χ0v) is 11.4. The Balaban J connectivity index is 1.94. The van der Waals surface area contributed by atoms with Crippen LogP contribution in [0.4, 0.5) is 5.82 Å². The van der Waals surface area contributed by atoms with Crippen LogP contribution in [-0.2, 0) is 4.74 Å². The van der Waals surface area contributed by atoms with Crippen LogP contribution in [0, 0.1) is 0 Å². The minimum Gasteiger partial charge on any atom is -0.377 e. The number of morpholine rings is 1. The van der Waals surface area contributed by atoms with E-state index in [0.717, 1.165) is 25.4 Å². The number of amides is 1. The number of anilines is 1. The van der Waals surface area contributed by atoms with E-state index in [1.165, 1.54) is 0 Å². The predicted molar refractivity (Wildman–Crippen MR) is 71.5 cm³/mol. The van der Waals surface area contributed by atoms with Crippen LogP contribution in [0.5, 0.6) is 0 Å². The van der Waals surface area contributed by atoms with E-state index in [-0.39, 0.29) is 11.9 Å². The molecule has 1 saturated heterocycles. The average Bonchev–Trinajstić information content (AvgIpc) is 2.85. The minimum atomic E-state index is -0.0237. The Morgan fingerprint density at radius 2 is 2.42 bits per heavy atom. The van der Waals surface area contributed by atoms with Gasteiger partial charge in [-0.25, -0.2) is 0 Å². The quantitative estimate of drug-likeness (QED) is 0.858. The molecular weight excluding hydrogens is 244 g/mol. The highest BCUT2D eigenvalue weighted by molar-refractivity contribution is 5.94. The maximum atomic E-state index is 11.9. The van der Waals surface area contributed by atoms with Crippen molar-refractivity contribution in [1.82, 2.24) is 15.1 Å². The lowest BCUT2D eigenvalue weighted by atomic mass is 10.1. The highest BCUT2D eigenvalue weighted by Crippen LogP contribution is 2.25. The van der Waals surface area contributed by atoms with Gasteiger partial charge in [-0.05, 0) is 13.3 Å². The molecule has 2 aliphatic rings. The van der Waals surface area contributed by atoms with Crippen LogP contribution in [0.3, 0.4) is 0 Å². The highest BCUT2D eigenvalue weighted by Gasteiger charge is 2.29. The summed E-state index contributed by atoms with van der Waals surface area (Å²) in [5.74, 6) is 0.866. The molecule has 6 heteroatoms. The van der Waals surface area contributed by atoms with E-state index in [4.69, 9.17) is 4.74 Å². The van der Waals surface area contributed by atoms with Gasteiger partial charge in [0.25, 0.3) is 5.91 Å². The summed E-state index contributed by atoms with van der Waals surface area (Å²) in [5, 5.41) is 7.58. The van der Waals surface area contributed by atoms with Gasteiger partial charge in [-0.15, -0.1) is 0 Å². The van der Waals surface area contributed by atoms with Crippen LogP contribution >= 0.6 is 0 Å². The molecule has 6 nitrogen and oxygen atoms in total. The number of hydrogen-bond donors (Lipinski definition) is 1. The summed E-state index contributed by atoms with van der Waals surface area (Å²) in [4.78, 5) is 14.1. The third-order valence-electron chi connectivity index (χ3n) is 3.93. The number of fused-ring (bicyclic) bond motifs is 1. The molecule has 3 heterocycles. The Hall–Kier alpha value is -1.56. The summed E-state index contributed by atoms with van der Waals surface area (Å²) in [6, 6.07) is 2.46. The van der Waals surface area contributed by atoms with Crippen LogP contribution in [0.25, 0.3) is 0 Å². The third-order valence-corrected chi connectivity index (χ3v) is 3.93. The Labute approximate surface area is 112 Å². The first-order chi connectivity index (χ1) is 9.20. The molecule has 19 heavy (non-hydrogen) atoms. The Morgan fingerprint density at radius 1 is 1.58 bits per heavy atom. The maximum Gasteiger partial charge on any atom is 0.269 e. The van der Waals surface area contributed by atoms with Crippen molar-refractivity contribution >= 4 is 11.7 Å². The van der Waals surface area contributed by atoms with Gasteiger partial charge in [0.2, 0.25) is 0 Å². The van der Waals surface area contributed by atoms with Gasteiger partial charge >= 0.3 is 0 Å². The van der Waals surface area contributed by atoms with Crippen LogP contribution < -0.4 is 10.2 Å². The summed E-state index contributed by atoms with van der Waals surface area (Å²) < 4.78 is 7.33. The van der Waals surface area contributed by atoms with Gasteiger partial charge in [0.15, 0.2) is 5.82 Å². The van der Waals surface area contributed by atoms with Crippen molar-refractivity contribution in [2.45, 2.75) is 32.4 Å². The summed E-state index contributed by atoms with van der Waals surface area (Å²) in [7, 11) is 0. The van der Waals surface area contributed by atoms with Crippen molar-refractivity contribution in [3.8, 4) is 0 Å². The van der Waals surface area contributed by atoms with E-state index in [1.807, 2.05) is 10.7 Å². The van der Waals surface area contributed by atoms with Gasteiger partial charge in [0, 0.05) is 19.2 Å². The first kappa shape index (κ1) is 12.5. The average molecular weight is 264 g/mol. The second-order valence-corrected chi connectivity index (χ2v) is 5.22. The largest absolute Gasteiger partial charge is 0.377 e. The first-order valence-corrected chi connectivity index (χ1v) is 6.93. The first-order valence-electron chi connectivity index (χ1n) is 6.93. The summed E-state index contributed by atoms with van der Waals surface area (Å²) in [6.45, 7) is 7.17. The second-order valence-electron chi connectivity index (χ2n) is 5.22. The number of hydrogen-bond acceptors (Lipinski definition) is 4. The van der Waals surface area contributed by atoms with Gasteiger partial charge in [-0.3, -0.25) is 9.48 Å². The van der Waals surface area contributed by atoms with Crippen molar-refractivity contribution < 1.29 is 9.53 Å². The molecule has 1 aromatic rings. The van der Waals surface area contributed by atoms with Gasteiger partial charge in [0.05, 0.1) is 25.3 Å². The zero-order valence-electron chi connectivity index (χ0n) is 11.4. The van der Waals surface area contributed by atoms with Gasteiger partial charge in [-0.1, -0.05) is 6.92 Å². The van der Waals surface area contributed by atoms with Crippen molar-refractivity contribution in [3.63, 3.8) is 0 Å². The standard InChI is InChI=1S/C13H20N4O2/c1-3-10-7-14-13(18)11-6-12(15-17(10)11)16-4-5-19-8-9(16)2/h6,9-10H,3-5,7-8H2,1-2H3,(H,14,18)/t9-,10+/m1/s1. The Kier molecular flexibility index (Phi) is 3.18. The molecule has 0 saturated carbocycles. The van der Waals surface area contributed by atoms with Crippen LogP contribution in [-0.4, -0.2) is 48.0 Å². The highest BCUT2D eigenvalue weighted by atomic mass is 16.5. The van der Waals surface area contributed by atoms with Crippen LogP contribution in [0.15, 0.2) is 6.07 Å². The van der Waals surface area contributed by atoms with Gasteiger partial charge in [0.1, 0.15) is 5.69 Å². The van der Waals surface area contributed by atoms with Gasteiger partial charge < -0.3 is 15.0 Å². The summed E-state index contributed by atoms with van der Waals surface area (Å²) >= 11 is 0. The van der Waals surface area contributed by atoms with Crippen molar-refractivity contribution in [3.05, 3.63) is 11.8 Å². The molecule has 1 amide bonds. The van der Waals surface area contributed by atoms with E-state index in [2.05, 4.69) is 29.2 Å². The fourth-order valence-corrected chi connectivity index (χ4v) is 2.74. The number of ether oxygens (including phenoxy) is 1. The smallest absolute Gasteiger partial charge is 0.269 e. The monoisotopic (exact) mass is 264 g/mol. The molecule has 0 aliphatic carbocycles. The fourth-order valence-electron chi connectivity index (χ4n) is 2.74. The molecule has 1 fully saturated rings. The molecule has 2 aliphatic heterocycles. The fraction of sp³-hybridized carbons (Fsp3) is 0.692. The predicted octanol–water partition coefficient (Wildman–Crippen LogP) is 0.803. The Bertz CT molecular complexity index is 485. The lowest BCUT2D eigenvalue weighted by Gasteiger charge is -2.33. The number of aromatic nitrogens is 2. The Morgan fingerprint density at radius 3 is 3.16 bits per heavy atom. The molecule has 3 rings (SSSR count). The van der Waals surface area contributed by atoms with E-state index in [9.17, 15) is 4.79 Å². The number of carbonyl (C=O) groups excluding carboxylic acids is 1. The normalized spacial score (nSPS) is 27.1. The lowest BCUT2D eigenvalue weighted by Crippen LogP contribution is -2.44. The molecule has 104 valence electrons. The molecule has 1 N–H and O–H groups in total. The molecular formula is C13H20N4O2. The zero-order chi connectivity index (χ0) is 13.4. The van der Waals surface area contributed by atoms with Crippen molar-refractivity contribution in [2.24, 2.45) is 0 Å². The SMILES string of the molecule is CC[C@H]1CNC(=O)c2cc(N3CCOC[C@H]3C)nn21. The number of rotatable bonds is 2. The molecule has 0 unspecified atom stereocenters. The van der Waals surface area contributed by atoms with Crippen molar-refractivity contribution in [2.75, 3.05) is 31.2 Å². The molecule has 0 spiro atoms. The number of nitrogens with zero attached hydrogens (tertiary/aromatic N) is 3. The van der Waals surface area contributed by atoms with Crippen LogP contribution in [0.2, 0.25) is 0 Å². The molecule has 1 aromatic heterocycles.